The Labute approximate surface area is 202 Å². The Bertz CT molecular complexity index is 1250. The van der Waals surface area contributed by atoms with Gasteiger partial charge in [-0.1, -0.05) is 18.2 Å². The first kappa shape index (κ1) is 25.0. The normalized spacial score (nSPS) is 19.8. The Morgan fingerprint density at radius 1 is 1.00 bits per heavy atom. The van der Waals surface area contributed by atoms with Gasteiger partial charge < -0.3 is 14.7 Å². The number of benzene rings is 2. The van der Waals surface area contributed by atoms with Gasteiger partial charge >= 0.3 is 6.18 Å². The van der Waals surface area contributed by atoms with Crippen molar-refractivity contribution in [1.82, 2.24) is 4.90 Å². The number of piperazine rings is 1. The average molecular weight is 510 g/mol. The molecule has 0 unspecified atom stereocenters. The van der Waals surface area contributed by atoms with E-state index in [0.717, 1.165) is 12.1 Å². The van der Waals surface area contributed by atoms with Crippen molar-refractivity contribution in [2.45, 2.75) is 36.1 Å². The van der Waals surface area contributed by atoms with E-state index in [1.165, 1.54) is 36.9 Å². The molecule has 2 aliphatic heterocycles. The highest BCUT2D eigenvalue weighted by Crippen LogP contribution is 2.39. The molecule has 2 heterocycles. The van der Waals surface area contributed by atoms with Gasteiger partial charge in [0.25, 0.3) is 0 Å². The molecule has 2 amide bonds. The fourth-order valence-corrected chi connectivity index (χ4v) is 6.02. The highest BCUT2D eigenvalue weighted by atomic mass is 32.2. The molecule has 2 aromatic carbocycles. The second-order valence-corrected chi connectivity index (χ2v) is 11.9. The Morgan fingerprint density at radius 2 is 1.66 bits per heavy atom. The van der Waals surface area contributed by atoms with Gasteiger partial charge in [-0.3, -0.25) is 9.59 Å². The third-order valence-corrected chi connectivity index (χ3v) is 9.04. The maximum Gasteiger partial charge on any atom is 0.416 e. The summed E-state index contributed by atoms with van der Waals surface area (Å²) in [7, 11) is -3.81. The summed E-state index contributed by atoms with van der Waals surface area (Å²) >= 11 is 0. The summed E-state index contributed by atoms with van der Waals surface area (Å²) in [6, 6.07) is 11.2. The van der Waals surface area contributed by atoms with Crippen molar-refractivity contribution in [2.75, 3.05) is 42.5 Å². The molecule has 1 saturated heterocycles. The Kier molecular flexibility index (Phi) is 6.33. The SMILES string of the molecule is CC1(C)CC(=O)N(CC(=O)N2CCN(c3cccc(C(F)(F)F)c3)CC2)c2ccccc2S1(=O)=O. The quantitative estimate of drug-likeness (QED) is 0.634. The predicted octanol–water partition coefficient (Wildman–Crippen LogP) is 3.34. The number of fused-ring (bicyclic) bond motifs is 1. The highest BCUT2D eigenvalue weighted by molar-refractivity contribution is 7.93. The number of carbonyl (C=O) groups is 2. The van der Waals surface area contributed by atoms with Gasteiger partial charge in [0, 0.05) is 38.3 Å². The number of alkyl halides is 3. The van der Waals surface area contributed by atoms with Crippen LogP contribution in [0.1, 0.15) is 25.8 Å². The van der Waals surface area contributed by atoms with Crippen LogP contribution in [0.4, 0.5) is 24.5 Å². The van der Waals surface area contributed by atoms with E-state index in [2.05, 4.69) is 0 Å². The topological polar surface area (TPSA) is 78.0 Å². The third kappa shape index (κ3) is 4.73. The monoisotopic (exact) mass is 509 g/mol. The van der Waals surface area contributed by atoms with Crippen molar-refractivity contribution >= 4 is 33.0 Å². The van der Waals surface area contributed by atoms with Crippen LogP contribution in [0.5, 0.6) is 0 Å². The van der Waals surface area contributed by atoms with Gasteiger partial charge in [0.1, 0.15) is 6.54 Å². The zero-order valence-electron chi connectivity index (χ0n) is 19.4. The molecular weight excluding hydrogens is 483 g/mol. The average Bonchev–Trinajstić information content (AvgIpc) is 2.86. The van der Waals surface area contributed by atoms with Crippen LogP contribution in [0.2, 0.25) is 0 Å². The molecule has 0 atom stereocenters. The third-order valence-electron chi connectivity index (χ3n) is 6.52. The molecule has 2 aliphatic rings. The summed E-state index contributed by atoms with van der Waals surface area (Å²) in [6.07, 6.45) is -4.70. The maximum atomic E-state index is 13.1. The van der Waals surface area contributed by atoms with E-state index >= 15 is 0 Å². The molecule has 0 bridgehead atoms. The predicted molar refractivity (Wildman–Crippen MR) is 125 cm³/mol. The summed E-state index contributed by atoms with van der Waals surface area (Å²) < 4.78 is 64.1. The van der Waals surface area contributed by atoms with E-state index in [-0.39, 0.29) is 42.5 Å². The second-order valence-electron chi connectivity index (χ2n) is 9.30. The Morgan fingerprint density at radius 3 is 2.31 bits per heavy atom. The number of sulfone groups is 1. The summed E-state index contributed by atoms with van der Waals surface area (Å²) in [4.78, 5) is 30.7. The van der Waals surface area contributed by atoms with Crippen molar-refractivity contribution < 1.29 is 31.2 Å². The van der Waals surface area contributed by atoms with Crippen LogP contribution in [-0.2, 0) is 25.6 Å². The van der Waals surface area contributed by atoms with E-state index in [4.69, 9.17) is 0 Å². The molecule has 11 heteroatoms. The molecule has 188 valence electrons. The van der Waals surface area contributed by atoms with Gasteiger partial charge in [-0.2, -0.15) is 13.2 Å². The van der Waals surface area contributed by atoms with Crippen LogP contribution >= 0.6 is 0 Å². The summed E-state index contributed by atoms with van der Waals surface area (Å²) in [5, 5.41) is 0. The smallest absolute Gasteiger partial charge is 0.368 e. The van der Waals surface area contributed by atoms with Crippen LogP contribution in [0, 0.1) is 0 Å². The standard InChI is InChI=1S/C24H26F3N3O4S/c1-23(2)15-21(31)30(19-8-3-4-9-20(19)35(23,33)34)16-22(32)29-12-10-28(11-13-29)18-7-5-6-17(14-18)24(25,26)27/h3-9,14H,10-13,15-16H2,1-2H3. The fraction of sp³-hybridized carbons (Fsp3) is 0.417. The Hall–Kier alpha value is -3.08. The number of nitrogens with zero attached hydrogens (tertiary/aromatic N) is 3. The van der Waals surface area contributed by atoms with E-state index in [1.807, 2.05) is 0 Å². The molecule has 0 saturated carbocycles. The first-order chi connectivity index (χ1) is 16.3. The molecule has 0 radical (unpaired) electrons. The van der Waals surface area contributed by atoms with Crippen molar-refractivity contribution in [2.24, 2.45) is 0 Å². The lowest BCUT2D eigenvalue weighted by molar-refractivity contribution is -0.137. The maximum absolute atomic E-state index is 13.1. The summed E-state index contributed by atoms with van der Waals surface area (Å²) in [5.74, 6) is -0.812. The lowest BCUT2D eigenvalue weighted by Gasteiger charge is -2.37. The van der Waals surface area contributed by atoms with Crippen LogP contribution in [0.25, 0.3) is 0 Å². The molecule has 1 fully saturated rings. The van der Waals surface area contributed by atoms with Crippen LogP contribution < -0.4 is 9.80 Å². The van der Waals surface area contributed by atoms with Gasteiger partial charge in [0.15, 0.2) is 9.84 Å². The lowest BCUT2D eigenvalue weighted by atomic mass is 10.1. The molecule has 7 nitrogen and oxygen atoms in total. The zero-order valence-corrected chi connectivity index (χ0v) is 20.2. The second kappa shape index (κ2) is 8.85. The minimum Gasteiger partial charge on any atom is -0.368 e. The molecule has 0 spiro atoms. The van der Waals surface area contributed by atoms with Crippen LogP contribution in [-0.4, -0.2) is 62.6 Å². The fourth-order valence-electron chi connectivity index (χ4n) is 4.40. The minimum atomic E-state index is -4.44. The number of para-hydroxylation sites is 1. The van der Waals surface area contributed by atoms with Gasteiger partial charge in [-0.05, 0) is 44.2 Å². The number of carbonyl (C=O) groups excluding carboxylic acids is 2. The summed E-state index contributed by atoms with van der Waals surface area (Å²) in [5.41, 5.74) is -0.125. The lowest BCUT2D eigenvalue weighted by Crippen LogP contribution is -2.52. The van der Waals surface area contributed by atoms with Gasteiger partial charge in [-0.25, -0.2) is 8.42 Å². The van der Waals surface area contributed by atoms with Crippen molar-refractivity contribution in [3.63, 3.8) is 0 Å². The number of rotatable bonds is 3. The van der Waals surface area contributed by atoms with E-state index in [1.54, 1.807) is 28.0 Å². The van der Waals surface area contributed by atoms with Gasteiger partial charge in [-0.15, -0.1) is 0 Å². The number of anilines is 2. The Balaban J connectivity index is 1.49. The number of halogens is 3. The largest absolute Gasteiger partial charge is 0.416 e. The van der Waals surface area contributed by atoms with Crippen molar-refractivity contribution in [3.8, 4) is 0 Å². The van der Waals surface area contributed by atoms with Crippen molar-refractivity contribution in [1.29, 1.82) is 0 Å². The molecular formula is C24H26F3N3O4S. The number of hydrogen-bond donors (Lipinski definition) is 0. The van der Waals surface area contributed by atoms with E-state index < -0.39 is 32.2 Å². The van der Waals surface area contributed by atoms with Crippen LogP contribution in [0.3, 0.4) is 0 Å². The molecule has 0 aromatic heterocycles. The molecule has 35 heavy (non-hydrogen) atoms. The minimum absolute atomic E-state index is 0.0121. The van der Waals surface area contributed by atoms with Crippen molar-refractivity contribution in [3.05, 3.63) is 54.1 Å². The molecule has 2 aromatic rings. The highest BCUT2D eigenvalue weighted by Gasteiger charge is 2.44. The molecule has 0 N–H and O–H groups in total. The van der Waals surface area contributed by atoms with E-state index in [0.29, 0.717) is 18.8 Å². The van der Waals surface area contributed by atoms with Gasteiger partial charge in [0.2, 0.25) is 11.8 Å². The molecule has 0 aliphatic carbocycles. The number of hydrogen-bond acceptors (Lipinski definition) is 5. The zero-order chi connectivity index (χ0) is 25.6. The number of amides is 2. The van der Waals surface area contributed by atoms with E-state index in [9.17, 15) is 31.2 Å². The molecule has 4 rings (SSSR count). The first-order valence-electron chi connectivity index (χ1n) is 11.2. The first-order valence-corrected chi connectivity index (χ1v) is 12.6. The summed E-state index contributed by atoms with van der Waals surface area (Å²) in [6.45, 7) is 3.87. The van der Waals surface area contributed by atoms with Crippen LogP contribution in [0.15, 0.2) is 53.4 Å². The van der Waals surface area contributed by atoms with Gasteiger partial charge in [0.05, 0.1) is 20.9 Å².